The fraction of sp³-hybridized carbons (Fsp3) is 0. The molecule has 2 heterocycles. The van der Waals surface area contributed by atoms with E-state index < -0.39 is 0 Å². The van der Waals surface area contributed by atoms with Gasteiger partial charge in [0.2, 0.25) is 0 Å². The van der Waals surface area contributed by atoms with Gasteiger partial charge in [-0.2, -0.15) is 15.3 Å². The van der Waals surface area contributed by atoms with Gasteiger partial charge in [0.1, 0.15) is 11.6 Å². The molecule has 0 aliphatic rings. The van der Waals surface area contributed by atoms with Gasteiger partial charge in [-0.3, -0.25) is 4.79 Å². The molecule has 0 saturated heterocycles. The fourth-order valence-corrected chi connectivity index (χ4v) is 2.68. The van der Waals surface area contributed by atoms with E-state index in [1.54, 1.807) is 28.9 Å². The van der Waals surface area contributed by atoms with Crippen molar-refractivity contribution < 1.29 is 0 Å². The summed E-state index contributed by atoms with van der Waals surface area (Å²) in [5.74, 6) is 0. The van der Waals surface area contributed by atoms with Crippen molar-refractivity contribution >= 4 is 16.6 Å². The summed E-state index contributed by atoms with van der Waals surface area (Å²) in [5, 5.41) is 14.5. The number of hydrogen-bond acceptors (Lipinski definition) is 4. The zero-order valence-electron chi connectivity index (χ0n) is 12.0. The summed E-state index contributed by atoms with van der Waals surface area (Å²) in [6.07, 6.45) is 1.64. The lowest BCUT2D eigenvalue weighted by Crippen LogP contribution is -2.13. The van der Waals surface area contributed by atoms with Crippen LogP contribution in [0.25, 0.3) is 27.7 Å². The van der Waals surface area contributed by atoms with E-state index in [2.05, 4.69) is 16.2 Å². The van der Waals surface area contributed by atoms with Crippen LogP contribution in [0.3, 0.4) is 0 Å². The molecule has 0 aliphatic carbocycles. The van der Waals surface area contributed by atoms with Crippen LogP contribution in [0.4, 0.5) is 0 Å². The van der Waals surface area contributed by atoms with E-state index in [4.69, 9.17) is 0 Å². The molecular weight excluding hydrogens is 288 g/mol. The van der Waals surface area contributed by atoms with Crippen LogP contribution in [0.5, 0.6) is 0 Å². The van der Waals surface area contributed by atoms with Crippen molar-refractivity contribution in [3.8, 4) is 17.2 Å². The molecule has 0 radical (unpaired) electrons. The van der Waals surface area contributed by atoms with Crippen LogP contribution in [0, 0.1) is 11.3 Å². The van der Waals surface area contributed by atoms with E-state index in [1.165, 1.54) is 0 Å². The highest BCUT2D eigenvalue weighted by Crippen LogP contribution is 2.25. The highest BCUT2D eigenvalue weighted by molar-refractivity contribution is 5.83. The predicted octanol–water partition coefficient (Wildman–Crippen LogP) is 2.78. The molecule has 5 heteroatoms. The Bertz CT molecular complexity index is 1140. The Hall–Kier alpha value is -3.52. The lowest BCUT2D eigenvalue weighted by atomic mass is 10.0. The maximum atomic E-state index is 12.2. The van der Waals surface area contributed by atoms with Gasteiger partial charge in [0.25, 0.3) is 5.56 Å². The van der Waals surface area contributed by atoms with Crippen molar-refractivity contribution in [1.29, 1.82) is 5.26 Å². The third-order valence-corrected chi connectivity index (χ3v) is 3.76. The number of nitriles is 1. The number of fused-ring (bicyclic) bond motifs is 3. The predicted molar refractivity (Wildman–Crippen MR) is 86.9 cm³/mol. The second kappa shape index (κ2) is 5.04. The first kappa shape index (κ1) is 13.2. The summed E-state index contributed by atoms with van der Waals surface area (Å²) in [6, 6.07) is 18.7. The van der Waals surface area contributed by atoms with Gasteiger partial charge in [-0.05, 0) is 17.7 Å². The minimum absolute atomic E-state index is 0.276. The van der Waals surface area contributed by atoms with Crippen molar-refractivity contribution in [2.75, 3.05) is 0 Å². The number of aromatic nitrogens is 3. The quantitative estimate of drug-likeness (QED) is 0.507. The molecule has 0 saturated carbocycles. The molecule has 0 atom stereocenters. The smallest absolute Gasteiger partial charge is 0.267 e. The molecule has 0 N–H and O–H groups in total. The van der Waals surface area contributed by atoms with E-state index in [0.29, 0.717) is 22.0 Å². The SMILES string of the molecule is N#Cc1c(-c2ccccc2)cnn2c1nc(=O)c1ccccc12. The fourth-order valence-electron chi connectivity index (χ4n) is 2.68. The first-order valence-corrected chi connectivity index (χ1v) is 7.06. The van der Waals surface area contributed by atoms with Crippen molar-refractivity contribution in [1.82, 2.24) is 14.6 Å². The molecule has 0 unspecified atom stereocenters. The van der Waals surface area contributed by atoms with Crippen LogP contribution < -0.4 is 5.56 Å². The first-order valence-electron chi connectivity index (χ1n) is 7.06. The Labute approximate surface area is 131 Å². The van der Waals surface area contributed by atoms with Crippen LogP contribution in [0.1, 0.15) is 5.56 Å². The van der Waals surface area contributed by atoms with E-state index >= 15 is 0 Å². The van der Waals surface area contributed by atoms with E-state index in [9.17, 15) is 10.1 Å². The summed E-state index contributed by atoms with van der Waals surface area (Å²) in [7, 11) is 0. The summed E-state index contributed by atoms with van der Waals surface area (Å²) >= 11 is 0. The summed E-state index contributed by atoms with van der Waals surface area (Å²) < 4.78 is 1.54. The molecule has 0 fully saturated rings. The topological polar surface area (TPSA) is 71.1 Å². The normalized spacial score (nSPS) is 10.7. The maximum Gasteiger partial charge on any atom is 0.281 e. The number of benzene rings is 2. The zero-order chi connectivity index (χ0) is 15.8. The van der Waals surface area contributed by atoms with Crippen molar-refractivity contribution in [3.05, 3.63) is 76.7 Å². The highest BCUT2D eigenvalue weighted by atomic mass is 16.1. The Morgan fingerprint density at radius 2 is 1.74 bits per heavy atom. The van der Waals surface area contributed by atoms with E-state index in [1.807, 2.05) is 36.4 Å². The van der Waals surface area contributed by atoms with Gasteiger partial charge in [0, 0.05) is 5.56 Å². The molecule has 2 aromatic heterocycles. The van der Waals surface area contributed by atoms with Gasteiger partial charge in [-0.15, -0.1) is 0 Å². The summed E-state index contributed by atoms with van der Waals surface area (Å²) in [5.41, 5.74) is 2.42. The minimum atomic E-state index is -0.357. The second-order valence-electron chi connectivity index (χ2n) is 5.08. The molecule has 108 valence electrons. The summed E-state index contributed by atoms with van der Waals surface area (Å²) in [6.45, 7) is 0. The van der Waals surface area contributed by atoms with Crippen molar-refractivity contribution in [3.63, 3.8) is 0 Å². The molecular formula is C18H10N4O. The molecule has 0 bridgehead atoms. The standard InChI is InChI=1S/C18H10N4O/c19-10-14-15(12-6-2-1-3-7-12)11-20-22-16-9-5-4-8-13(16)18(23)21-17(14)22/h1-9,11H. The monoisotopic (exact) mass is 298 g/mol. The van der Waals surface area contributed by atoms with Gasteiger partial charge < -0.3 is 0 Å². The van der Waals surface area contributed by atoms with E-state index in [-0.39, 0.29) is 11.2 Å². The Morgan fingerprint density at radius 3 is 2.52 bits per heavy atom. The van der Waals surface area contributed by atoms with Gasteiger partial charge in [-0.1, -0.05) is 42.5 Å². The molecule has 0 amide bonds. The van der Waals surface area contributed by atoms with Gasteiger partial charge in [-0.25, -0.2) is 4.52 Å². The van der Waals surface area contributed by atoms with E-state index in [0.717, 1.165) is 5.56 Å². The Kier molecular flexibility index (Phi) is 2.88. The third-order valence-electron chi connectivity index (χ3n) is 3.76. The Morgan fingerprint density at radius 1 is 1.00 bits per heavy atom. The number of rotatable bonds is 1. The molecule has 4 aromatic rings. The minimum Gasteiger partial charge on any atom is -0.267 e. The second-order valence-corrected chi connectivity index (χ2v) is 5.08. The van der Waals surface area contributed by atoms with Gasteiger partial charge >= 0.3 is 0 Å². The molecule has 4 rings (SSSR count). The average Bonchev–Trinajstić information content (AvgIpc) is 2.62. The number of para-hydroxylation sites is 1. The number of hydrogen-bond donors (Lipinski definition) is 0. The molecule has 0 aliphatic heterocycles. The van der Waals surface area contributed by atoms with Crippen LogP contribution in [0.2, 0.25) is 0 Å². The maximum absolute atomic E-state index is 12.2. The lowest BCUT2D eigenvalue weighted by molar-refractivity contribution is 0.934. The largest absolute Gasteiger partial charge is 0.281 e. The molecule has 5 nitrogen and oxygen atoms in total. The molecule has 0 spiro atoms. The van der Waals surface area contributed by atoms with Gasteiger partial charge in [0.05, 0.1) is 17.1 Å². The highest BCUT2D eigenvalue weighted by Gasteiger charge is 2.14. The van der Waals surface area contributed by atoms with Crippen LogP contribution in [-0.4, -0.2) is 14.6 Å². The third kappa shape index (κ3) is 1.97. The van der Waals surface area contributed by atoms with Crippen molar-refractivity contribution in [2.24, 2.45) is 0 Å². The molecule has 23 heavy (non-hydrogen) atoms. The number of nitrogens with zero attached hydrogens (tertiary/aromatic N) is 4. The van der Waals surface area contributed by atoms with Gasteiger partial charge in [0.15, 0.2) is 5.65 Å². The van der Waals surface area contributed by atoms with Crippen LogP contribution in [-0.2, 0) is 0 Å². The van der Waals surface area contributed by atoms with Crippen LogP contribution >= 0.6 is 0 Å². The van der Waals surface area contributed by atoms with Crippen LogP contribution in [0.15, 0.2) is 65.6 Å². The lowest BCUT2D eigenvalue weighted by Gasteiger charge is -2.09. The summed E-state index contributed by atoms with van der Waals surface area (Å²) in [4.78, 5) is 16.3. The zero-order valence-corrected chi connectivity index (χ0v) is 12.0. The average molecular weight is 298 g/mol. The van der Waals surface area contributed by atoms with Crippen molar-refractivity contribution in [2.45, 2.75) is 0 Å². The first-order chi connectivity index (χ1) is 11.3. The molecule has 2 aromatic carbocycles. The Balaban J connectivity index is 2.17.